The van der Waals surface area contributed by atoms with Crippen LogP contribution in [0.3, 0.4) is 0 Å². The van der Waals surface area contributed by atoms with E-state index >= 15 is 0 Å². The summed E-state index contributed by atoms with van der Waals surface area (Å²) in [5.41, 5.74) is 2.55. The summed E-state index contributed by atoms with van der Waals surface area (Å²) >= 11 is 1.37. The average Bonchev–Trinajstić information content (AvgIpc) is 3.37. The molecule has 1 fully saturated rings. The third-order valence-corrected chi connectivity index (χ3v) is 6.08. The van der Waals surface area contributed by atoms with E-state index in [0.717, 1.165) is 42.7 Å². The largest absolute Gasteiger partial charge is 0.455 e. The molecule has 2 amide bonds. The molecule has 1 aromatic heterocycles. The van der Waals surface area contributed by atoms with E-state index < -0.39 is 18.5 Å². The maximum Gasteiger partial charge on any atom is 0.316 e. The van der Waals surface area contributed by atoms with Crippen molar-refractivity contribution in [3.63, 3.8) is 0 Å². The highest BCUT2D eigenvalue weighted by molar-refractivity contribution is 7.99. The molecule has 1 heterocycles. The van der Waals surface area contributed by atoms with Gasteiger partial charge in [-0.05, 0) is 38.8 Å². The molecule has 0 saturated heterocycles. The Morgan fingerprint density at radius 2 is 1.94 bits per heavy atom. The fraction of sp³-hybridized carbons (Fsp3) is 0.455. The molecule has 31 heavy (non-hydrogen) atoms. The summed E-state index contributed by atoms with van der Waals surface area (Å²) in [6.07, 6.45) is 4.19. The Bertz CT molecular complexity index is 917. The van der Waals surface area contributed by atoms with Gasteiger partial charge in [0.2, 0.25) is 0 Å². The number of anilines is 1. The van der Waals surface area contributed by atoms with Gasteiger partial charge in [-0.2, -0.15) is 0 Å². The van der Waals surface area contributed by atoms with Gasteiger partial charge in [-0.1, -0.05) is 30.1 Å². The lowest BCUT2D eigenvalue weighted by molar-refractivity contribution is -0.144. The molecule has 0 radical (unpaired) electrons. The average molecular weight is 446 g/mol. The zero-order valence-electron chi connectivity index (χ0n) is 17.7. The number of esters is 1. The minimum Gasteiger partial charge on any atom is -0.455 e. The zero-order valence-corrected chi connectivity index (χ0v) is 18.5. The van der Waals surface area contributed by atoms with Gasteiger partial charge < -0.3 is 19.9 Å². The van der Waals surface area contributed by atoms with Crippen molar-refractivity contribution in [2.75, 3.05) is 17.7 Å². The lowest BCUT2D eigenvalue weighted by Gasteiger charge is -2.15. The smallest absolute Gasteiger partial charge is 0.316 e. The number of amides is 2. The van der Waals surface area contributed by atoms with Gasteiger partial charge in [-0.15, -0.1) is 11.8 Å². The van der Waals surface area contributed by atoms with Crippen molar-refractivity contribution in [2.45, 2.75) is 51.3 Å². The van der Waals surface area contributed by atoms with Gasteiger partial charge in [0.05, 0.1) is 22.7 Å². The molecule has 0 unspecified atom stereocenters. The van der Waals surface area contributed by atoms with Crippen LogP contribution in [-0.4, -0.2) is 41.3 Å². The number of aryl methyl sites for hydroxylation is 2. The van der Waals surface area contributed by atoms with Gasteiger partial charge in [-0.25, -0.2) is 0 Å². The third-order valence-electron chi connectivity index (χ3n) is 5.15. The molecule has 3 rings (SSSR count). The Balaban J connectivity index is 1.44. The second kappa shape index (κ2) is 11.0. The van der Waals surface area contributed by atoms with E-state index in [1.807, 2.05) is 13.8 Å². The highest BCUT2D eigenvalue weighted by Crippen LogP contribution is 2.21. The molecule has 1 aliphatic rings. The van der Waals surface area contributed by atoms with Crippen LogP contribution in [0.25, 0.3) is 0 Å². The lowest BCUT2D eigenvalue weighted by atomic mass is 10.1. The summed E-state index contributed by atoms with van der Waals surface area (Å²) in [6, 6.07) is 6.98. The number of rotatable bonds is 9. The van der Waals surface area contributed by atoms with E-state index in [-0.39, 0.29) is 17.7 Å². The van der Waals surface area contributed by atoms with E-state index in [4.69, 9.17) is 9.26 Å². The summed E-state index contributed by atoms with van der Waals surface area (Å²) in [5.74, 6) is 0.220. The molecule has 1 saturated carbocycles. The van der Waals surface area contributed by atoms with Gasteiger partial charge in [0.25, 0.3) is 11.8 Å². The second-order valence-corrected chi connectivity index (χ2v) is 8.49. The van der Waals surface area contributed by atoms with Crippen LogP contribution in [-0.2, 0) is 20.1 Å². The molecular weight excluding hydrogens is 418 g/mol. The highest BCUT2D eigenvalue weighted by atomic mass is 32.2. The van der Waals surface area contributed by atoms with E-state index in [0.29, 0.717) is 17.0 Å². The number of hydrogen-bond donors (Lipinski definition) is 2. The van der Waals surface area contributed by atoms with Crippen molar-refractivity contribution in [3.8, 4) is 0 Å². The van der Waals surface area contributed by atoms with Crippen molar-refractivity contribution in [1.29, 1.82) is 0 Å². The quantitative estimate of drug-likeness (QED) is 0.569. The Kier molecular flexibility index (Phi) is 8.11. The van der Waals surface area contributed by atoms with Crippen LogP contribution < -0.4 is 10.6 Å². The lowest BCUT2D eigenvalue weighted by Crippen LogP contribution is -2.33. The number of hydrogen-bond acceptors (Lipinski definition) is 7. The van der Waals surface area contributed by atoms with Crippen LogP contribution in [0.5, 0.6) is 0 Å². The van der Waals surface area contributed by atoms with E-state index in [9.17, 15) is 14.4 Å². The first-order chi connectivity index (χ1) is 14.9. The molecular formula is C22H27N3O5S. The van der Waals surface area contributed by atoms with E-state index in [1.165, 1.54) is 11.8 Å². The van der Waals surface area contributed by atoms with Crippen molar-refractivity contribution in [2.24, 2.45) is 0 Å². The van der Waals surface area contributed by atoms with Gasteiger partial charge in [0.1, 0.15) is 5.76 Å². The first kappa shape index (κ1) is 22.9. The summed E-state index contributed by atoms with van der Waals surface area (Å²) in [6.45, 7) is 3.26. The number of nitrogens with one attached hydrogen (secondary N) is 2. The number of ether oxygens (including phenoxy) is 1. The third kappa shape index (κ3) is 6.58. The number of thioether (sulfide) groups is 1. The molecule has 0 aliphatic heterocycles. The van der Waals surface area contributed by atoms with Crippen LogP contribution in [0.4, 0.5) is 5.69 Å². The number of carbonyl (C=O) groups excluding carboxylic acids is 3. The molecule has 8 nitrogen and oxygen atoms in total. The number of para-hydroxylation sites is 1. The SMILES string of the molecule is Cc1noc(C)c1CSCC(=O)OCC(=O)Nc1ccccc1C(=O)NC1CCCC1. The minimum atomic E-state index is -0.495. The zero-order chi connectivity index (χ0) is 22.2. The maximum absolute atomic E-state index is 12.6. The first-order valence-electron chi connectivity index (χ1n) is 10.3. The maximum atomic E-state index is 12.6. The molecule has 0 atom stereocenters. The molecule has 166 valence electrons. The van der Waals surface area contributed by atoms with Crippen LogP contribution >= 0.6 is 11.8 Å². The number of nitrogens with zero attached hydrogens (tertiary/aromatic N) is 1. The number of benzene rings is 1. The van der Waals surface area contributed by atoms with Gasteiger partial charge in [-0.3, -0.25) is 14.4 Å². The predicted molar refractivity (Wildman–Crippen MR) is 118 cm³/mol. The van der Waals surface area contributed by atoms with Gasteiger partial charge >= 0.3 is 5.97 Å². The monoisotopic (exact) mass is 445 g/mol. The first-order valence-corrected chi connectivity index (χ1v) is 11.4. The topological polar surface area (TPSA) is 111 Å². The predicted octanol–water partition coefficient (Wildman–Crippen LogP) is 3.38. The Labute approximate surface area is 185 Å². The number of carbonyl (C=O) groups is 3. The summed E-state index contributed by atoms with van der Waals surface area (Å²) < 4.78 is 10.1. The summed E-state index contributed by atoms with van der Waals surface area (Å²) in [7, 11) is 0. The van der Waals surface area contributed by atoms with E-state index in [1.54, 1.807) is 24.3 Å². The Morgan fingerprint density at radius 3 is 2.65 bits per heavy atom. The normalized spacial score (nSPS) is 13.7. The Morgan fingerprint density at radius 1 is 1.19 bits per heavy atom. The molecule has 2 N–H and O–H groups in total. The second-order valence-electron chi connectivity index (χ2n) is 7.50. The molecule has 0 bridgehead atoms. The van der Waals surface area contributed by atoms with Crippen LogP contribution in [0.2, 0.25) is 0 Å². The van der Waals surface area contributed by atoms with Crippen molar-refractivity contribution in [1.82, 2.24) is 10.5 Å². The standard InChI is InChI=1S/C22H27N3O5S/c1-14-18(15(2)30-25-14)12-31-13-21(27)29-11-20(26)24-19-10-6-5-9-17(19)22(28)23-16-7-3-4-8-16/h5-6,9-10,16H,3-4,7-8,11-13H2,1-2H3,(H,23,28)(H,24,26). The highest BCUT2D eigenvalue weighted by Gasteiger charge is 2.20. The van der Waals surface area contributed by atoms with Crippen molar-refractivity contribution >= 4 is 35.2 Å². The Hall–Kier alpha value is -2.81. The molecule has 9 heteroatoms. The fourth-order valence-electron chi connectivity index (χ4n) is 3.44. The molecule has 2 aromatic rings. The van der Waals surface area contributed by atoms with E-state index in [2.05, 4.69) is 15.8 Å². The molecule has 0 spiro atoms. The minimum absolute atomic E-state index is 0.109. The van der Waals surface area contributed by atoms with Crippen molar-refractivity contribution in [3.05, 3.63) is 46.8 Å². The van der Waals surface area contributed by atoms with Crippen LogP contribution in [0.1, 0.15) is 53.1 Å². The van der Waals surface area contributed by atoms with Crippen LogP contribution in [0, 0.1) is 13.8 Å². The van der Waals surface area contributed by atoms with Crippen molar-refractivity contribution < 1.29 is 23.6 Å². The number of aromatic nitrogens is 1. The molecule has 1 aliphatic carbocycles. The van der Waals surface area contributed by atoms with Crippen LogP contribution in [0.15, 0.2) is 28.8 Å². The van der Waals surface area contributed by atoms with Gasteiger partial charge in [0, 0.05) is 17.4 Å². The summed E-state index contributed by atoms with van der Waals surface area (Å²) in [4.78, 5) is 36.8. The van der Waals surface area contributed by atoms with Gasteiger partial charge in [0.15, 0.2) is 6.61 Å². The molecule has 1 aromatic carbocycles. The summed E-state index contributed by atoms with van der Waals surface area (Å²) in [5, 5.41) is 9.55. The fourth-order valence-corrected chi connectivity index (χ4v) is 4.41.